The second-order valence-corrected chi connectivity index (χ2v) is 11.8. The summed E-state index contributed by atoms with van der Waals surface area (Å²) < 4.78 is 8.16. The average Bonchev–Trinajstić information content (AvgIpc) is 3.46. The van der Waals surface area contributed by atoms with Gasteiger partial charge in [-0.2, -0.15) is 0 Å². The van der Waals surface area contributed by atoms with Crippen molar-refractivity contribution in [1.29, 1.82) is 0 Å². The van der Waals surface area contributed by atoms with Crippen LogP contribution in [0.3, 0.4) is 0 Å². The van der Waals surface area contributed by atoms with E-state index >= 15 is 0 Å². The van der Waals surface area contributed by atoms with Crippen LogP contribution in [0.1, 0.15) is 18.9 Å². The van der Waals surface area contributed by atoms with Crippen molar-refractivity contribution in [2.24, 2.45) is 0 Å². The molecular formula is C28H24BrN3O4S2. The fraction of sp³-hybridized carbons (Fsp3) is 0.214. The van der Waals surface area contributed by atoms with Gasteiger partial charge in [-0.25, -0.2) is 9.88 Å². The van der Waals surface area contributed by atoms with E-state index in [2.05, 4.69) is 20.9 Å². The number of thiazole rings is 1. The van der Waals surface area contributed by atoms with Gasteiger partial charge < -0.3 is 9.64 Å². The van der Waals surface area contributed by atoms with Gasteiger partial charge in [0, 0.05) is 11.0 Å². The molecule has 3 aromatic carbocycles. The molecule has 1 aromatic heterocycles. The van der Waals surface area contributed by atoms with Crippen LogP contribution >= 0.6 is 39.0 Å². The highest BCUT2D eigenvalue weighted by Gasteiger charge is 2.44. The number of carbonyl (C=O) groups is 3. The highest BCUT2D eigenvalue weighted by atomic mass is 79.9. The molecule has 1 aliphatic rings. The summed E-state index contributed by atoms with van der Waals surface area (Å²) in [4.78, 5) is 47.3. The molecule has 1 aliphatic heterocycles. The predicted molar refractivity (Wildman–Crippen MR) is 154 cm³/mol. The Balaban J connectivity index is 1.36. The maximum atomic E-state index is 13.6. The van der Waals surface area contributed by atoms with Crippen LogP contribution in [0.5, 0.6) is 5.75 Å². The third-order valence-electron chi connectivity index (χ3n) is 6.07. The van der Waals surface area contributed by atoms with Crippen LogP contribution in [-0.4, -0.2) is 46.0 Å². The number of halogens is 1. The largest absolute Gasteiger partial charge is 0.494 e. The van der Waals surface area contributed by atoms with E-state index in [1.807, 2.05) is 55.5 Å². The molecule has 194 valence electrons. The first-order valence-corrected chi connectivity index (χ1v) is 14.6. The van der Waals surface area contributed by atoms with Crippen LogP contribution in [-0.2, 0) is 20.9 Å². The van der Waals surface area contributed by atoms with E-state index in [4.69, 9.17) is 4.74 Å². The maximum absolute atomic E-state index is 13.6. The van der Waals surface area contributed by atoms with Crippen LogP contribution in [0.15, 0.2) is 81.6 Å². The number of rotatable bonds is 9. The number of ether oxygens (including phenoxy) is 1. The van der Waals surface area contributed by atoms with Gasteiger partial charge in [-0.3, -0.25) is 14.4 Å². The molecule has 3 amide bonds. The molecular weight excluding hydrogens is 586 g/mol. The molecule has 5 rings (SSSR count). The quantitative estimate of drug-likeness (QED) is 0.173. The number of nitrogens with zero attached hydrogens (tertiary/aromatic N) is 3. The lowest BCUT2D eigenvalue weighted by Gasteiger charge is -2.27. The molecule has 0 bridgehead atoms. The highest BCUT2D eigenvalue weighted by Crippen LogP contribution is 2.33. The summed E-state index contributed by atoms with van der Waals surface area (Å²) in [6.45, 7) is 2.75. The van der Waals surface area contributed by atoms with Gasteiger partial charge in [0.15, 0.2) is 4.34 Å². The van der Waals surface area contributed by atoms with E-state index in [-0.39, 0.29) is 30.5 Å². The van der Waals surface area contributed by atoms with Crippen molar-refractivity contribution in [1.82, 2.24) is 9.88 Å². The van der Waals surface area contributed by atoms with Gasteiger partial charge in [0.1, 0.15) is 11.8 Å². The third kappa shape index (κ3) is 5.77. The minimum absolute atomic E-state index is 0.0561. The fourth-order valence-electron chi connectivity index (χ4n) is 4.28. The van der Waals surface area contributed by atoms with Gasteiger partial charge in [0.2, 0.25) is 11.8 Å². The van der Waals surface area contributed by atoms with Crippen molar-refractivity contribution in [3.63, 3.8) is 0 Å². The Hall–Kier alpha value is -3.21. The second kappa shape index (κ2) is 11.7. The number of amides is 3. The topological polar surface area (TPSA) is 79.8 Å². The molecule has 38 heavy (non-hydrogen) atoms. The molecule has 2 heterocycles. The molecule has 0 radical (unpaired) electrons. The van der Waals surface area contributed by atoms with Crippen molar-refractivity contribution in [2.75, 3.05) is 17.3 Å². The number of imide groups is 1. The lowest BCUT2D eigenvalue weighted by atomic mass is 10.1. The second-order valence-electron chi connectivity index (χ2n) is 8.60. The normalized spacial score (nSPS) is 15.3. The number of fused-ring (bicyclic) bond motifs is 1. The molecule has 0 saturated carbocycles. The van der Waals surface area contributed by atoms with Crippen LogP contribution in [0, 0.1) is 0 Å². The number of hydrogen-bond donors (Lipinski definition) is 0. The summed E-state index contributed by atoms with van der Waals surface area (Å²) in [7, 11) is 0. The predicted octanol–water partition coefficient (Wildman–Crippen LogP) is 5.91. The zero-order chi connectivity index (χ0) is 26.6. The summed E-state index contributed by atoms with van der Waals surface area (Å²) in [6.07, 6.45) is -0.0561. The summed E-state index contributed by atoms with van der Waals surface area (Å²) in [5, 5.41) is 0. The summed E-state index contributed by atoms with van der Waals surface area (Å²) in [5.41, 5.74) is 2.22. The van der Waals surface area contributed by atoms with Crippen molar-refractivity contribution in [3.8, 4) is 5.75 Å². The lowest BCUT2D eigenvalue weighted by molar-refractivity contribution is -0.136. The molecule has 4 aromatic rings. The standard InChI is InChI=1S/C28H24BrN3O4S2/c1-2-36-21-12-13-22-24(14-21)38-28(30-22)37-17-26(34)31(16-18-6-4-3-5-7-18)23-15-25(33)32(27(23)35)20-10-8-19(29)9-11-20/h3-14,23H,2,15-17H2,1H3. The monoisotopic (exact) mass is 609 g/mol. The Morgan fingerprint density at radius 3 is 2.63 bits per heavy atom. The van der Waals surface area contributed by atoms with E-state index in [0.717, 1.165) is 30.3 Å². The molecule has 1 unspecified atom stereocenters. The van der Waals surface area contributed by atoms with Gasteiger partial charge >= 0.3 is 0 Å². The van der Waals surface area contributed by atoms with Crippen LogP contribution in [0.4, 0.5) is 5.69 Å². The van der Waals surface area contributed by atoms with Crippen LogP contribution < -0.4 is 9.64 Å². The van der Waals surface area contributed by atoms with E-state index in [9.17, 15) is 14.4 Å². The van der Waals surface area contributed by atoms with Crippen molar-refractivity contribution >= 4 is 72.7 Å². The first-order valence-electron chi connectivity index (χ1n) is 12.0. The Kier molecular flexibility index (Phi) is 8.11. The SMILES string of the molecule is CCOc1ccc2nc(SCC(=O)N(Cc3ccccc3)C3CC(=O)N(c4ccc(Br)cc4)C3=O)sc2c1. The van der Waals surface area contributed by atoms with E-state index in [1.165, 1.54) is 32.9 Å². The zero-order valence-electron chi connectivity index (χ0n) is 20.5. The minimum Gasteiger partial charge on any atom is -0.494 e. The molecule has 1 fully saturated rings. The molecule has 1 atom stereocenters. The lowest BCUT2D eigenvalue weighted by Crippen LogP contribution is -2.45. The van der Waals surface area contributed by atoms with Crippen molar-refractivity contribution in [3.05, 3.63) is 82.8 Å². The fourth-order valence-corrected chi connectivity index (χ4v) is 6.53. The van der Waals surface area contributed by atoms with E-state index in [1.54, 1.807) is 24.3 Å². The Bertz CT molecular complexity index is 1480. The van der Waals surface area contributed by atoms with Crippen molar-refractivity contribution < 1.29 is 19.1 Å². The zero-order valence-corrected chi connectivity index (χ0v) is 23.7. The van der Waals surface area contributed by atoms with Gasteiger partial charge in [-0.1, -0.05) is 58.0 Å². The highest BCUT2D eigenvalue weighted by molar-refractivity contribution is 9.10. The summed E-state index contributed by atoms with van der Waals surface area (Å²) >= 11 is 6.21. The van der Waals surface area contributed by atoms with Gasteiger partial charge in [0.25, 0.3) is 5.91 Å². The summed E-state index contributed by atoms with van der Waals surface area (Å²) in [5.74, 6) is -0.0598. The Labute approximate surface area is 236 Å². The Morgan fingerprint density at radius 2 is 1.89 bits per heavy atom. The number of aromatic nitrogens is 1. The van der Waals surface area contributed by atoms with Gasteiger partial charge in [0.05, 0.1) is 34.7 Å². The van der Waals surface area contributed by atoms with Crippen molar-refractivity contribution in [2.45, 2.75) is 30.3 Å². The molecule has 10 heteroatoms. The smallest absolute Gasteiger partial charge is 0.257 e. The number of anilines is 1. The number of benzene rings is 3. The Morgan fingerprint density at radius 1 is 1.13 bits per heavy atom. The molecule has 7 nitrogen and oxygen atoms in total. The number of thioether (sulfide) groups is 1. The first-order chi connectivity index (χ1) is 18.4. The molecule has 1 saturated heterocycles. The molecule has 0 spiro atoms. The van der Waals surface area contributed by atoms with E-state index < -0.39 is 11.9 Å². The maximum Gasteiger partial charge on any atom is 0.257 e. The van der Waals surface area contributed by atoms with E-state index in [0.29, 0.717) is 12.3 Å². The van der Waals surface area contributed by atoms with Crippen LogP contribution in [0.2, 0.25) is 0 Å². The van der Waals surface area contributed by atoms with Gasteiger partial charge in [-0.15, -0.1) is 11.3 Å². The van der Waals surface area contributed by atoms with Gasteiger partial charge in [-0.05, 0) is 55.0 Å². The number of hydrogen-bond acceptors (Lipinski definition) is 7. The third-order valence-corrected chi connectivity index (χ3v) is 8.74. The first kappa shape index (κ1) is 26.4. The number of carbonyl (C=O) groups excluding carboxylic acids is 3. The van der Waals surface area contributed by atoms with Crippen LogP contribution in [0.25, 0.3) is 10.2 Å². The average molecular weight is 611 g/mol. The molecule has 0 aliphatic carbocycles. The summed E-state index contributed by atoms with van der Waals surface area (Å²) in [6, 6.07) is 21.3. The minimum atomic E-state index is -0.872. The molecule has 0 N–H and O–H groups in total.